The smallest absolute Gasteiger partial charge is 0.0491 e. The van der Waals surface area contributed by atoms with Crippen molar-refractivity contribution in [2.24, 2.45) is 0 Å². The van der Waals surface area contributed by atoms with Crippen LogP contribution in [0.4, 0.5) is 0 Å². The minimum absolute atomic E-state index is 0.102. The van der Waals surface area contributed by atoms with Crippen LogP contribution in [0.3, 0.4) is 0 Å². The van der Waals surface area contributed by atoms with Gasteiger partial charge in [0.15, 0.2) is 0 Å². The second-order valence-corrected chi connectivity index (χ2v) is 3.85. The number of hydrogen-bond acceptors (Lipinski definition) is 4. The Kier molecular flexibility index (Phi) is 4.71. The molecule has 15 heavy (non-hydrogen) atoms. The molecule has 1 aromatic carbocycles. The molecule has 0 saturated heterocycles. The van der Waals surface area contributed by atoms with E-state index in [1.807, 2.05) is 38.1 Å². The van der Waals surface area contributed by atoms with Gasteiger partial charge in [0.1, 0.15) is 0 Å². The van der Waals surface area contributed by atoms with Crippen molar-refractivity contribution in [3.05, 3.63) is 35.4 Å². The van der Waals surface area contributed by atoms with E-state index in [-0.39, 0.29) is 6.04 Å². The predicted octanol–water partition coefficient (Wildman–Crippen LogP) is 1.76. The van der Waals surface area contributed by atoms with Gasteiger partial charge in [0.25, 0.3) is 0 Å². The van der Waals surface area contributed by atoms with E-state index in [1.165, 1.54) is 5.06 Å². The lowest BCUT2D eigenvalue weighted by Crippen LogP contribution is -2.26. The summed E-state index contributed by atoms with van der Waals surface area (Å²) in [7, 11) is 0. The van der Waals surface area contributed by atoms with Crippen LogP contribution in [0, 0.1) is 0 Å². The van der Waals surface area contributed by atoms with E-state index in [0.29, 0.717) is 13.1 Å². The molecule has 0 bridgehead atoms. The van der Waals surface area contributed by atoms with Crippen LogP contribution < -0.4 is 5.48 Å². The van der Waals surface area contributed by atoms with Crippen molar-refractivity contribution < 1.29 is 10.4 Å². The van der Waals surface area contributed by atoms with E-state index < -0.39 is 0 Å². The maximum absolute atomic E-state index is 9.57. The van der Waals surface area contributed by atoms with Gasteiger partial charge in [-0.3, -0.25) is 0 Å². The van der Waals surface area contributed by atoms with Crippen molar-refractivity contribution in [2.75, 3.05) is 0 Å². The molecule has 0 spiro atoms. The summed E-state index contributed by atoms with van der Waals surface area (Å²) in [6.45, 7) is 4.77. The van der Waals surface area contributed by atoms with Crippen molar-refractivity contribution in [3.8, 4) is 0 Å². The summed E-state index contributed by atoms with van der Waals surface area (Å²) in [6, 6.07) is 7.84. The summed E-state index contributed by atoms with van der Waals surface area (Å²) in [5, 5.41) is 19.4. The Bertz CT molecular complexity index is 302. The van der Waals surface area contributed by atoms with E-state index in [2.05, 4.69) is 5.48 Å². The zero-order chi connectivity index (χ0) is 11.3. The molecular weight excluding hydrogens is 192 g/mol. The molecule has 0 amide bonds. The lowest BCUT2D eigenvalue weighted by molar-refractivity contribution is -0.125. The van der Waals surface area contributed by atoms with Crippen LogP contribution in [0.5, 0.6) is 0 Å². The SMILES string of the molecule is CC(C)N(O)Cc1cccc(CNO)c1. The molecule has 4 heteroatoms. The number of hydroxylamine groups is 3. The molecule has 0 aromatic heterocycles. The number of rotatable bonds is 5. The highest BCUT2D eigenvalue weighted by atomic mass is 16.5. The van der Waals surface area contributed by atoms with Crippen molar-refractivity contribution >= 4 is 0 Å². The van der Waals surface area contributed by atoms with Crippen LogP contribution in [0.15, 0.2) is 24.3 Å². The highest BCUT2D eigenvalue weighted by Crippen LogP contribution is 2.08. The van der Waals surface area contributed by atoms with Crippen molar-refractivity contribution in [3.63, 3.8) is 0 Å². The molecule has 84 valence electrons. The fourth-order valence-electron chi connectivity index (χ4n) is 1.30. The van der Waals surface area contributed by atoms with Gasteiger partial charge in [-0.15, -0.1) is 0 Å². The summed E-state index contributed by atoms with van der Waals surface area (Å²) < 4.78 is 0. The van der Waals surface area contributed by atoms with Crippen molar-refractivity contribution in [1.29, 1.82) is 0 Å². The maximum Gasteiger partial charge on any atom is 0.0491 e. The average molecular weight is 210 g/mol. The quantitative estimate of drug-likeness (QED) is 0.648. The summed E-state index contributed by atoms with van der Waals surface area (Å²) >= 11 is 0. The fourth-order valence-corrected chi connectivity index (χ4v) is 1.30. The van der Waals surface area contributed by atoms with E-state index in [1.54, 1.807) is 0 Å². The van der Waals surface area contributed by atoms with Crippen molar-refractivity contribution in [1.82, 2.24) is 10.5 Å². The van der Waals surface area contributed by atoms with Crippen LogP contribution in [0.1, 0.15) is 25.0 Å². The zero-order valence-electron chi connectivity index (χ0n) is 9.14. The third kappa shape index (κ3) is 3.97. The van der Waals surface area contributed by atoms with Gasteiger partial charge in [0.2, 0.25) is 0 Å². The van der Waals surface area contributed by atoms with E-state index in [0.717, 1.165) is 11.1 Å². The molecule has 0 saturated carbocycles. The van der Waals surface area contributed by atoms with Gasteiger partial charge in [-0.05, 0) is 25.0 Å². The van der Waals surface area contributed by atoms with Gasteiger partial charge < -0.3 is 10.4 Å². The molecule has 0 aliphatic rings. The molecule has 0 fully saturated rings. The largest absolute Gasteiger partial charge is 0.316 e. The van der Waals surface area contributed by atoms with Crippen LogP contribution >= 0.6 is 0 Å². The van der Waals surface area contributed by atoms with Crippen LogP contribution in [0.25, 0.3) is 0 Å². The molecule has 1 aromatic rings. The molecule has 4 nitrogen and oxygen atoms in total. The molecular formula is C11H18N2O2. The Morgan fingerprint density at radius 3 is 2.60 bits per heavy atom. The van der Waals surface area contributed by atoms with E-state index in [4.69, 9.17) is 5.21 Å². The minimum Gasteiger partial charge on any atom is -0.316 e. The lowest BCUT2D eigenvalue weighted by atomic mass is 10.1. The molecule has 0 unspecified atom stereocenters. The molecule has 0 aliphatic heterocycles. The maximum atomic E-state index is 9.57. The van der Waals surface area contributed by atoms with Gasteiger partial charge in [-0.2, -0.15) is 5.06 Å². The van der Waals surface area contributed by atoms with Crippen LogP contribution in [0.2, 0.25) is 0 Å². The first-order valence-electron chi connectivity index (χ1n) is 5.03. The molecule has 0 heterocycles. The Morgan fingerprint density at radius 1 is 1.33 bits per heavy atom. The number of benzene rings is 1. The van der Waals surface area contributed by atoms with Gasteiger partial charge in [0, 0.05) is 19.1 Å². The summed E-state index contributed by atoms with van der Waals surface area (Å²) in [5.41, 5.74) is 4.13. The molecule has 1 rings (SSSR count). The molecule has 0 atom stereocenters. The number of nitrogens with one attached hydrogen (secondary N) is 1. The first kappa shape index (κ1) is 12.1. The Labute approximate surface area is 90.1 Å². The van der Waals surface area contributed by atoms with Crippen molar-refractivity contribution in [2.45, 2.75) is 33.0 Å². The summed E-state index contributed by atoms with van der Waals surface area (Å²) in [5.74, 6) is 0. The summed E-state index contributed by atoms with van der Waals surface area (Å²) in [6.07, 6.45) is 0. The van der Waals surface area contributed by atoms with Gasteiger partial charge >= 0.3 is 0 Å². The van der Waals surface area contributed by atoms with E-state index in [9.17, 15) is 5.21 Å². The average Bonchev–Trinajstić information content (AvgIpc) is 2.18. The minimum atomic E-state index is 0.102. The lowest BCUT2D eigenvalue weighted by Gasteiger charge is -2.18. The van der Waals surface area contributed by atoms with Gasteiger partial charge in [0.05, 0.1) is 0 Å². The number of nitrogens with zero attached hydrogens (tertiary/aromatic N) is 1. The standard InChI is InChI=1S/C11H18N2O2/c1-9(2)13(15)8-11-5-3-4-10(6-11)7-12-14/h3-6,9,12,14-15H,7-8H2,1-2H3. The van der Waals surface area contributed by atoms with Crippen LogP contribution in [-0.2, 0) is 13.1 Å². The third-order valence-electron chi connectivity index (χ3n) is 2.22. The molecule has 0 radical (unpaired) electrons. The first-order valence-corrected chi connectivity index (χ1v) is 5.03. The van der Waals surface area contributed by atoms with Gasteiger partial charge in [-0.1, -0.05) is 24.3 Å². The van der Waals surface area contributed by atoms with E-state index >= 15 is 0 Å². The fraction of sp³-hybridized carbons (Fsp3) is 0.455. The highest BCUT2D eigenvalue weighted by molar-refractivity contribution is 5.23. The highest BCUT2D eigenvalue weighted by Gasteiger charge is 2.06. The Morgan fingerprint density at radius 2 is 2.00 bits per heavy atom. The molecule has 3 N–H and O–H groups in total. The Balaban J connectivity index is 2.64. The number of hydrogen-bond donors (Lipinski definition) is 3. The van der Waals surface area contributed by atoms with Gasteiger partial charge in [-0.25, -0.2) is 5.48 Å². The third-order valence-corrected chi connectivity index (χ3v) is 2.22. The monoisotopic (exact) mass is 210 g/mol. The zero-order valence-corrected chi connectivity index (χ0v) is 9.14. The Hall–Kier alpha value is -0.940. The second-order valence-electron chi connectivity index (χ2n) is 3.85. The summed E-state index contributed by atoms with van der Waals surface area (Å²) in [4.78, 5) is 0. The normalized spacial score (nSPS) is 11.3. The van der Waals surface area contributed by atoms with Crippen LogP contribution in [-0.4, -0.2) is 21.5 Å². The first-order chi connectivity index (χ1) is 7.13. The molecule has 0 aliphatic carbocycles. The topological polar surface area (TPSA) is 55.7 Å². The second kappa shape index (κ2) is 5.82. The predicted molar refractivity (Wildman–Crippen MR) is 57.5 cm³/mol.